The third-order valence-corrected chi connectivity index (χ3v) is 4.18. The van der Waals surface area contributed by atoms with Gasteiger partial charge in [-0.25, -0.2) is 0 Å². The summed E-state index contributed by atoms with van der Waals surface area (Å²) in [7, 11) is 1.47. The van der Waals surface area contributed by atoms with Crippen LogP contribution in [0, 0.1) is 0 Å². The Labute approximate surface area is 173 Å². The number of benzene rings is 2. The molecule has 8 nitrogen and oxygen atoms in total. The molecule has 0 saturated carbocycles. The van der Waals surface area contributed by atoms with Crippen LogP contribution in [0.3, 0.4) is 0 Å². The average molecular weight is 429 g/mol. The van der Waals surface area contributed by atoms with Gasteiger partial charge in [-0.3, -0.25) is 4.79 Å². The fourth-order valence-corrected chi connectivity index (χ4v) is 2.76. The number of anilines is 1. The van der Waals surface area contributed by atoms with Gasteiger partial charge in [-0.2, -0.15) is 17.7 Å². The molecule has 0 aliphatic rings. The number of fused-ring (bicyclic) bond motifs is 1. The standard InChI is InChI=1S/C20H14F3N5O3/c1-30-15-5-3-2-4-14(15)18(29)24-12-6-8-13(9-7-12)31-17-11-10-16-25-26-19(20(21,22)23)28(16)27-17/h2-11H,1H3,(H,24,29). The Hall–Kier alpha value is -4.15. The van der Waals surface area contributed by atoms with E-state index in [0.29, 0.717) is 27.3 Å². The maximum atomic E-state index is 13.0. The van der Waals surface area contributed by atoms with Crippen molar-refractivity contribution in [2.75, 3.05) is 12.4 Å². The Morgan fingerprint density at radius 2 is 1.74 bits per heavy atom. The summed E-state index contributed by atoms with van der Waals surface area (Å²) in [5, 5.41) is 13.1. The molecule has 4 aromatic rings. The van der Waals surface area contributed by atoms with E-state index in [-0.39, 0.29) is 17.4 Å². The molecule has 11 heteroatoms. The summed E-state index contributed by atoms with van der Waals surface area (Å²) in [6.07, 6.45) is -4.70. The van der Waals surface area contributed by atoms with E-state index < -0.39 is 12.0 Å². The van der Waals surface area contributed by atoms with Crippen LogP contribution in [0.2, 0.25) is 0 Å². The number of alkyl halides is 3. The fraction of sp³-hybridized carbons (Fsp3) is 0.100. The number of nitrogens with one attached hydrogen (secondary N) is 1. The maximum absolute atomic E-state index is 13.0. The van der Waals surface area contributed by atoms with Crippen molar-refractivity contribution >= 4 is 17.2 Å². The van der Waals surface area contributed by atoms with E-state index in [9.17, 15) is 18.0 Å². The van der Waals surface area contributed by atoms with Crippen molar-refractivity contribution in [3.8, 4) is 17.4 Å². The molecule has 2 aromatic heterocycles. The number of rotatable bonds is 5. The Kier molecular flexibility index (Phi) is 5.15. The number of carbonyl (C=O) groups is 1. The zero-order valence-electron chi connectivity index (χ0n) is 15.9. The van der Waals surface area contributed by atoms with Crippen molar-refractivity contribution in [3.05, 3.63) is 72.1 Å². The number of ether oxygens (including phenoxy) is 2. The third kappa shape index (κ3) is 4.25. The molecule has 0 bridgehead atoms. The van der Waals surface area contributed by atoms with Gasteiger partial charge in [0.1, 0.15) is 11.5 Å². The third-order valence-electron chi connectivity index (χ3n) is 4.18. The van der Waals surface area contributed by atoms with Gasteiger partial charge in [-0.1, -0.05) is 12.1 Å². The Bertz CT molecular complexity index is 1240. The minimum absolute atomic E-state index is 0.0610. The van der Waals surface area contributed by atoms with Crippen molar-refractivity contribution in [2.24, 2.45) is 0 Å². The SMILES string of the molecule is COc1ccccc1C(=O)Nc1ccc(Oc2ccc3nnc(C(F)(F)F)n3n2)cc1. The number of hydrogen-bond donors (Lipinski definition) is 1. The van der Waals surface area contributed by atoms with Crippen LogP contribution in [-0.2, 0) is 6.18 Å². The van der Waals surface area contributed by atoms with Crippen LogP contribution in [0.1, 0.15) is 16.2 Å². The first-order chi connectivity index (χ1) is 14.8. The molecule has 0 aliphatic carbocycles. The van der Waals surface area contributed by atoms with E-state index in [4.69, 9.17) is 9.47 Å². The second-order valence-electron chi connectivity index (χ2n) is 6.24. The molecule has 2 aromatic carbocycles. The zero-order chi connectivity index (χ0) is 22.0. The zero-order valence-corrected chi connectivity index (χ0v) is 15.9. The second-order valence-corrected chi connectivity index (χ2v) is 6.24. The predicted molar refractivity (Wildman–Crippen MR) is 103 cm³/mol. The van der Waals surface area contributed by atoms with Gasteiger partial charge in [0.05, 0.1) is 12.7 Å². The molecule has 1 amide bonds. The largest absolute Gasteiger partial charge is 0.496 e. The molecule has 158 valence electrons. The minimum Gasteiger partial charge on any atom is -0.496 e. The summed E-state index contributed by atoms with van der Waals surface area (Å²) in [6, 6.07) is 15.7. The van der Waals surface area contributed by atoms with E-state index in [1.165, 1.54) is 19.2 Å². The highest BCUT2D eigenvalue weighted by Crippen LogP contribution is 2.29. The van der Waals surface area contributed by atoms with Crippen LogP contribution in [0.5, 0.6) is 17.4 Å². The van der Waals surface area contributed by atoms with Crippen molar-refractivity contribution in [1.82, 2.24) is 19.8 Å². The summed E-state index contributed by atoms with van der Waals surface area (Å²) in [6.45, 7) is 0. The molecule has 0 spiro atoms. The lowest BCUT2D eigenvalue weighted by Crippen LogP contribution is -2.13. The van der Waals surface area contributed by atoms with E-state index in [0.717, 1.165) is 0 Å². The number of carbonyl (C=O) groups excluding carboxylic acids is 1. The summed E-state index contributed by atoms with van der Waals surface area (Å²) < 4.78 is 50.2. The van der Waals surface area contributed by atoms with Gasteiger partial charge in [0.15, 0.2) is 5.65 Å². The molecule has 1 N–H and O–H groups in total. The highest BCUT2D eigenvalue weighted by Gasteiger charge is 2.37. The molecule has 0 saturated heterocycles. The minimum atomic E-state index is -4.70. The average Bonchev–Trinajstić information content (AvgIpc) is 3.19. The molecule has 4 rings (SSSR count). The number of amides is 1. The van der Waals surface area contributed by atoms with Crippen LogP contribution in [0.25, 0.3) is 5.65 Å². The first kappa shape index (κ1) is 20.1. The summed E-state index contributed by atoms with van der Waals surface area (Å²) in [4.78, 5) is 12.4. The van der Waals surface area contributed by atoms with Crippen molar-refractivity contribution in [3.63, 3.8) is 0 Å². The van der Waals surface area contributed by atoms with E-state index >= 15 is 0 Å². The van der Waals surface area contributed by atoms with Crippen LogP contribution < -0.4 is 14.8 Å². The van der Waals surface area contributed by atoms with Gasteiger partial charge >= 0.3 is 6.18 Å². The van der Waals surface area contributed by atoms with Crippen molar-refractivity contribution in [1.29, 1.82) is 0 Å². The van der Waals surface area contributed by atoms with Crippen molar-refractivity contribution in [2.45, 2.75) is 6.18 Å². The molecule has 0 unspecified atom stereocenters. The van der Waals surface area contributed by atoms with Crippen LogP contribution in [0.15, 0.2) is 60.7 Å². The van der Waals surface area contributed by atoms with Crippen molar-refractivity contribution < 1.29 is 27.4 Å². The summed E-state index contributed by atoms with van der Waals surface area (Å²) >= 11 is 0. The lowest BCUT2D eigenvalue weighted by atomic mass is 10.2. The molecule has 0 atom stereocenters. The van der Waals surface area contributed by atoms with E-state index in [1.807, 2.05) is 0 Å². The monoisotopic (exact) mass is 429 g/mol. The quantitative estimate of drug-likeness (QED) is 0.512. The van der Waals surface area contributed by atoms with Crippen LogP contribution in [-0.4, -0.2) is 32.8 Å². The van der Waals surface area contributed by atoms with Crippen LogP contribution in [0.4, 0.5) is 18.9 Å². The lowest BCUT2D eigenvalue weighted by Gasteiger charge is -2.10. The van der Waals surface area contributed by atoms with Gasteiger partial charge in [0.25, 0.3) is 11.7 Å². The molecule has 0 fully saturated rings. The van der Waals surface area contributed by atoms with Gasteiger partial charge in [0, 0.05) is 11.8 Å². The van der Waals surface area contributed by atoms with Gasteiger partial charge in [-0.15, -0.1) is 15.3 Å². The Morgan fingerprint density at radius 3 is 2.45 bits per heavy atom. The fourth-order valence-electron chi connectivity index (χ4n) is 2.76. The molecular formula is C20H14F3N5O3. The van der Waals surface area contributed by atoms with Gasteiger partial charge < -0.3 is 14.8 Å². The maximum Gasteiger partial charge on any atom is 0.453 e. The molecule has 2 heterocycles. The number of halogens is 3. The van der Waals surface area contributed by atoms with Gasteiger partial charge in [-0.05, 0) is 42.5 Å². The van der Waals surface area contributed by atoms with E-state index in [2.05, 4.69) is 20.6 Å². The summed E-state index contributed by atoms with van der Waals surface area (Å²) in [5.74, 6) is -0.936. The van der Waals surface area contributed by atoms with E-state index in [1.54, 1.807) is 48.5 Å². The number of hydrogen-bond acceptors (Lipinski definition) is 6. The normalized spacial score (nSPS) is 11.4. The lowest BCUT2D eigenvalue weighted by molar-refractivity contribution is -0.146. The topological polar surface area (TPSA) is 90.6 Å². The Balaban J connectivity index is 1.49. The first-order valence-corrected chi connectivity index (χ1v) is 8.87. The number of para-hydroxylation sites is 1. The Morgan fingerprint density at radius 1 is 1.00 bits per heavy atom. The van der Waals surface area contributed by atoms with Crippen LogP contribution >= 0.6 is 0 Å². The molecule has 31 heavy (non-hydrogen) atoms. The summed E-state index contributed by atoms with van der Waals surface area (Å²) in [5.41, 5.74) is 0.802. The second kappa shape index (κ2) is 7.94. The number of methoxy groups -OCH3 is 1. The highest BCUT2D eigenvalue weighted by atomic mass is 19.4. The molecule has 0 radical (unpaired) electrons. The predicted octanol–water partition coefficient (Wildman–Crippen LogP) is 4.20. The number of aromatic nitrogens is 4. The molecule has 0 aliphatic heterocycles. The highest BCUT2D eigenvalue weighted by molar-refractivity contribution is 6.06. The first-order valence-electron chi connectivity index (χ1n) is 8.87. The van der Waals surface area contributed by atoms with Gasteiger partial charge in [0.2, 0.25) is 5.88 Å². The molecular weight excluding hydrogens is 415 g/mol. The number of nitrogens with zero attached hydrogens (tertiary/aromatic N) is 4. The smallest absolute Gasteiger partial charge is 0.453 e.